The zero-order valence-electron chi connectivity index (χ0n) is 23.1. The maximum absolute atomic E-state index is 13.0. The number of nitrogens with zero attached hydrogens (tertiary/aromatic N) is 2. The molecule has 0 radical (unpaired) electrons. The van der Waals surface area contributed by atoms with E-state index in [4.69, 9.17) is 4.99 Å². The summed E-state index contributed by atoms with van der Waals surface area (Å²) >= 11 is 0. The molecule has 1 aliphatic heterocycles. The fraction of sp³-hybridized carbons (Fsp3) is 0.382. The molecule has 1 saturated carbocycles. The molecule has 0 aromatic heterocycles. The first-order valence-corrected chi connectivity index (χ1v) is 13.5. The molecule has 37 heavy (non-hydrogen) atoms. The van der Waals surface area contributed by atoms with Gasteiger partial charge in [0.05, 0.1) is 17.1 Å². The van der Waals surface area contributed by atoms with Crippen LogP contribution in [-0.4, -0.2) is 24.3 Å². The average molecular weight is 495 g/mol. The summed E-state index contributed by atoms with van der Waals surface area (Å²) in [5.41, 5.74) is 9.01. The summed E-state index contributed by atoms with van der Waals surface area (Å²) in [7, 11) is 1.75. The lowest BCUT2D eigenvalue weighted by Gasteiger charge is -2.16. The van der Waals surface area contributed by atoms with E-state index in [1.165, 1.54) is 24.0 Å². The number of allylic oxidation sites excluding steroid dienone is 14. The number of ketones is 1. The number of fused-ring (bicyclic) bond motifs is 1. The van der Waals surface area contributed by atoms with Gasteiger partial charge in [-0.05, 0) is 86.2 Å². The summed E-state index contributed by atoms with van der Waals surface area (Å²) in [6.07, 6.45) is 23.2. The Balaban J connectivity index is 1.97. The van der Waals surface area contributed by atoms with Crippen LogP contribution in [0.2, 0.25) is 0 Å². The van der Waals surface area contributed by atoms with Gasteiger partial charge in [-0.15, -0.1) is 0 Å². The Bertz CT molecular complexity index is 1210. The zero-order chi connectivity index (χ0) is 26.9. The molecule has 3 rings (SSSR count). The minimum absolute atomic E-state index is 0.0388. The molecule has 0 aromatic rings. The van der Waals surface area contributed by atoms with Crippen molar-refractivity contribution in [2.45, 2.75) is 65.7 Å². The maximum atomic E-state index is 13.0. The van der Waals surface area contributed by atoms with Gasteiger partial charge in [0.15, 0.2) is 5.78 Å². The minimum atomic E-state index is 0.0388. The molecule has 0 spiro atoms. The topological polar surface area (TPSA) is 41.8 Å². The van der Waals surface area contributed by atoms with Crippen LogP contribution in [0.3, 0.4) is 0 Å². The Kier molecular flexibility index (Phi) is 10.1. The third-order valence-electron chi connectivity index (χ3n) is 7.50. The van der Waals surface area contributed by atoms with Gasteiger partial charge < -0.3 is 0 Å². The van der Waals surface area contributed by atoms with Crippen molar-refractivity contribution in [1.82, 2.24) is 0 Å². The number of hydrogen-bond donors (Lipinski definition) is 0. The standard InChI is InChI=1S/C34H42N2O/c1-8-23(3)19-26(6)31(25(5)9-2)22-33(35-7)34-21-30(37)20-29-16-15-28(17-18-32(29)36-34)27-12-10-11-24(4)13-14-27/h8,15-19,21-22,26-27H,1,4-5,9-14,20H2,2-3,6-7H3/b23-19-,31-22-,35-33?. The molecule has 194 valence electrons. The second-order valence-corrected chi connectivity index (χ2v) is 10.3. The highest BCUT2D eigenvalue weighted by Gasteiger charge is 2.22. The first kappa shape index (κ1) is 28.2. The normalized spacial score (nSPS) is 22.5. The molecule has 0 aromatic carbocycles. The summed E-state index contributed by atoms with van der Waals surface area (Å²) in [6.45, 7) is 18.7. The predicted octanol–water partition coefficient (Wildman–Crippen LogP) is 8.58. The van der Waals surface area contributed by atoms with Crippen LogP contribution >= 0.6 is 0 Å². The Morgan fingerprint density at radius 1 is 1.24 bits per heavy atom. The van der Waals surface area contributed by atoms with Gasteiger partial charge in [-0.25, -0.2) is 4.99 Å². The molecule has 1 heterocycles. The van der Waals surface area contributed by atoms with Crippen LogP contribution < -0.4 is 0 Å². The van der Waals surface area contributed by atoms with E-state index in [1.54, 1.807) is 13.1 Å². The lowest BCUT2D eigenvalue weighted by Crippen LogP contribution is -2.07. The number of carbonyl (C=O) groups excluding carboxylic acids is 1. The third kappa shape index (κ3) is 7.58. The molecule has 3 nitrogen and oxygen atoms in total. The lowest BCUT2D eigenvalue weighted by molar-refractivity contribution is -0.113. The van der Waals surface area contributed by atoms with Gasteiger partial charge >= 0.3 is 0 Å². The van der Waals surface area contributed by atoms with Crippen LogP contribution in [0.4, 0.5) is 0 Å². The molecule has 0 saturated heterocycles. The van der Waals surface area contributed by atoms with E-state index in [0.29, 0.717) is 23.7 Å². The van der Waals surface area contributed by atoms with E-state index in [1.807, 2.05) is 19.1 Å². The summed E-state index contributed by atoms with van der Waals surface area (Å²) in [5.74, 6) is 0.692. The summed E-state index contributed by atoms with van der Waals surface area (Å²) < 4.78 is 0. The van der Waals surface area contributed by atoms with Crippen molar-refractivity contribution in [3.05, 3.63) is 107 Å². The first-order valence-electron chi connectivity index (χ1n) is 13.5. The largest absolute Gasteiger partial charge is 0.294 e. The Morgan fingerprint density at radius 2 is 2.03 bits per heavy atom. The van der Waals surface area contributed by atoms with Gasteiger partial charge in [0.1, 0.15) is 0 Å². The summed E-state index contributed by atoms with van der Waals surface area (Å²) in [5, 5.41) is 0. The van der Waals surface area contributed by atoms with Crippen LogP contribution in [0.15, 0.2) is 117 Å². The Hall–Kier alpha value is -3.33. The highest BCUT2D eigenvalue weighted by molar-refractivity contribution is 6.20. The fourth-order valence-corrected chi connectivity index (χ4v) is 5.13. The lowest BCUT2D eigenvalue weighted by atomic mass is 9.90. The molecule has 2 aliphatic carbocycles. The molecular weight excluding hydrogens is 452 g/mol. The molecule has 2 unspecified atom stereocenters. The van der Waals surface area contributed by atoms with Crippen molar-refractivity contribution >= 4 is 17.2 Å². The van der Waals surface area contributed by atoms with Crippen molar-refractivity contribution in [1.29, 1.82) is 0 Å². The molecule has 1 fully saturated rings. The number of rotatable bonds is 8. The summed E-state index contributed by atoms with van der Waals surface area (Å²) in [4.78, 5) is 22.5. The number of aliphatic imine (C=N–C) groups is 2. The van der Waals surface area contributed by atoms with E-state index < -0.39 is 0 Å². The monoisotopic (exact) mass is 494 g/mol. The van der Waals surface area contributed by atoms with E-state index in [2.05, 4.69) is 69.0 Å². The van der Waals surface area contributed by atoms with Crippen LogP contribution in [0, 0.1) is 11.8 Å². The van der Waals surface area contributed by atoms with Crippen molar-refractivity contribution in [2.24, 2.45) is 21.8 Å². The van der Waals surface area contributed by atoms with Crippen LogP contribution in [0.1, 0.15) is 65.7 Å². The van der Waals surface area contributed by atoms with Gasteiger partial charge in [0.25, 0.3) is 0 Å². The molecule has 0 bridgehead atoms. The smallest absolute Gasteiger partial charge is 0.162 e. The Labute approximate surface area is 224 Å². The molecular formula is C34H42N2O. The van der Waals surface area contributed by atoms with Crippen LogP contribution in [0.25, 0.3) is 0 Å². The zero-order valence-corrected chi connectivity index (χ0v) is 23.1. The second-order valence-electron chi connectivity index (χ2n) is 10.3. The third-order valence-corrected chi connectivity index (χ3v) is 7.50. The number of carbonyl (C=O) groups is 1. The van der Waals surface area contributed by atoms with Crippen LogP contribution in [0.5, 0.6) is 0 Å². The fourth-order valence-electron chi connectivity index (χ4n) is 5.13. The number of hydrogen-bond acceptors (Lipinski definition) is 3. The van der Waals surface area contributed by atoms with Gasteiger partial charge in [-0.1, -0.05) is 80.7 Å². The molecule has 2 atom stereocenters. The minimum Gasteiger partial charge on any atom is -0.294 e. The maximum Gasteiger partial charge on any atom is 0.162 e. The predicted molar refractivity (Wildman–Crippen MR) is 160 cm³/mol. The quantitative estimate of drug-likeness (QED) is 0.144. The van der Waals surface area contributed by atoms with Crippen molar-refractivity contribution < 1.29 is 4.79 Å². The first-order chi connectivity index (χ1) is 17.7. The van der Waals surface area contributed by atoms with Gasteiger partial charge in [-0.2, -0.15) is 0 Å². The van der Waals surface area contributed by atoms with E-state index in [0.717, 1.165) is 53.7 Å². The van der Waals surface area contributed by atoms with Crippen molar-refractivity contribution in [3.63, 3.8) is 0 Å². The molecule has 3 aliphatic rings. The van der Waals surface area contributed by atoms with Crippen molar-refractivity contribution in [3.8, 4) is 0 Å². The molecule has 3 heteroatoms. The van der Waals surface area contributed by atoms with Gasteiger partial charge in [0.2, 0.25) is 0 Å². The molecule has 0 N–H and O–H groups in total. The SMILES string of the molecule is C=C/C(C)=C\C(C)/C(=C\C(=NC)C1=CC(=O)CC2=CC=C(C3CCCC(=C)CC3)C=CC2=N1)C(=C)CC. The van der Waals surface area contributed by atoms with E-state index in [-0.39, 0.29) is 11.7 Å². The average Bonchev–Trinajstić information content (AvgIpc) is 3.28. The second kappa shape index (κ2) is 13.3. The van der Waals surface area contributed by atoms with E-state index in [9.17, 15) is 4.79 Å². The van der Waals surface area contributed by atoms with Gasteiger partial charge in [0, 0.05) is 19.5 Å². The summed E-state index contributed by atoms with van der Waals surface area (Å²) in [6, 6.07) is 0. The highest BCUT2D eigenvalue weighted by atomic mass is 16.1. The van der Waals surface area contributed by atoms with Crippen LogP contribution in [-0.2, 0) is 4.79 Å². The van der Waals surface area contributed by atoms with Crippen molar-refractivity contribution in [2.75, 3.05) is 7.05 Å². The van der Waals surface area contributed by atoms with E-state index >= 15 is 0 Å². The Morgan fingerprint density at radius 3 is 2.73 bits per heavy atom. The van der Waals surface area contributed by atoms with Gasteiger partial charge in [-0.3, -0.25) is 9.79 Å². The highest BCUT2D eigenvalue weighted by Crippen LogP contribution is 2.33. The molecule has 0 amide bonds.